The number of methoxy groups -OCH3 is 1. The molecule has 18 heavy (non-hydrogen) atoms. The smallest absolute Gasteiger partial charge is 0.258 e. The van der Waals surface area contributed by atoms with Gasteiger partial charge in [-0.25, -0.2) is 0 Å². The van der Waals surface area contributed by atoms with Gasteiger partial charge in [-0.05, 0) is 25.0 Å². The van der Waals surface area contributed by atoms with Gasteiger partial charge in [-0.2, -0.15) is 0 Å². The highest BCUT2D eigenvalue weighted by atomic mass is 16.5. The van der Waals surface area contributed by atoms with Gasteiger partial charge >= 0.3 is 0 Å². The third-order valence-electron chi connectivity index (χ3n) is 2.82. The second-order valence-electron chi connectivity index (χ2n) is 4.54. The summed E-state index contributed by atoms with van der Waals surface area (Å²) in [6, 6.07) is 7.40. The number of rotatable bonds is 6. The standard InChI is InChI=1S/C14H21NO3/c1-10(2)11(3)15-14(16)9-18-13-8-6-5-7-12(13)17-4/h5-8,10-11H,9H2,1-4H3,(H,15,16)/t11-/m1/s1. The Kier molecular flexibility index (Phi) is 5.49. The zero-order valence-electron chi connectivity index (χ0n) is 11.4. The quantitative estimate of drug-likeness (QED) is 0.843. The molecule has 1 aromatic carbocycles. The Morgan fingerprint density at radius 1 is 1.22 bits per heavy atom. The normalized spacial score (nSPS) is 12.1. The van der Waals surface area contributed by atoms with Crippen LogP contribution in [0.25, 0.3) is 0 Å². The second-order valence-corrected chi connectivity index (χ2v) is 4.54. The molecular weight excluding hydrogens is 230 g/mol. The summed E-state index contributed by atoms with van der Waals surface area (Å²) >= 11 is 0. The van der Waals surface area contributed by atoms with E-state index in [4.69, 9.17) is 9.47 Å². The summed E-state index contributed by atoms with van der Waals surface area (Å²) in [5.41, 5.74) is 0. The first-order chi connectivity index (χ1) is 8.54. The average Bonchev–Trinajstić information content (AvgIpc) is 2.36. The lowest BCUT2D eigenvalue weighted by molar-refractivity contribution is -0.124. The molecule has 1 aromatic rings. The molecule has 1 amide bonds. The Bertz CT molecular complexity index is 390. The second kappa shape index (κ2) is 6.89. The zero-order valence-corrected chi connectivity index (χ0v) is 11.4. The molecule has 0 fully saturated rings. The van der Waals surface area contributed by atoms with Crippen molar-refractivity contribution in [3.63, 3.8) is 0 Å². The van der Waals surface area contributed by atoms with E-state index in [0.29, 0.717) is 17.4 Å². The molecule has 4 nitrogen and oxygen atoms in total. The number of carbonyl (C=O) groups excluding carboxylic acids is 1. The number of ether oxygens (including phenoxy) is 2. The minimum Gasteiger partial charge on any atom is -0.493 e. The highest BCUT2D eigenvalue weighted by Crippen LogP contribution is 2.25. The van der Waals surface area contributed by atoms with Crippen LogP contribution in [0.1, 0.15) is 20.8 Å². The number of carbonyl (C=O) groups is 1. The SMILES string of the molecule is COc1ccccc1OCC(=O)N[C@H](C)C(C)C. The molecule has 100 valence electrons. The maximum absolute atomic E-state index is 11.7. The van der Waals surface area contributed by atoms with Gasteiger partial charge in [0.1, 0.15) is 0 Å². The van der Waals surface area contributed by atoms with Crippen molar-refractivity contribution in [2.75, 3.05) is 13.7 Å². The molecule has 1 rings (SSSR count). The summed E-state index contributed by atoms with van der Waals surface area (Å²) in [6.07, 6.45) is 0. The number of hydrogen-bond donors (Lipinski definition) is 1. The predicted molar refractivity (Wildman–Crippen MR) is 70.9 cm³/mol. The van der Waals surface area contributed by atoms with Gasteiger partial charge in [0.25, 0.3) is 5.91 Å². The Morgan fingerprint density at radius 3 is 2.39 bits per heavy atom. The van der Waals surface area contributed by atoms with E-state index in [1.54, 1.807) is 19.2 Å². The molecule has 0 saturated carbocycles. The van der Waals surface area contributed by atoms with Gasteiger partial charge in [-0.3, -0.25) is 4.79 Å². The molecular formula is C14H21NO3. The first-order valence-electron chi connectivity index (χ1n) is 6.09. The van der Waals surface area contributed by atoms with E-state index in [1.165, 1.54) is 0 Å². The van der Waals surface area contributed by atoms with Crippen molar-refractivity contribution in [3.8, 4) is 11.5 Å². The number of benzene rings is 1. The molecule has 1 atom stereocenters. The molecule has 4 heteroatoms. The first-order valence-corrected chi connectivity index (χ1v) is 6.09. The van der Waals surface area contributed by atoms with Crippen LogP contribution in [0, 0.1) is 5.92 Å². The molecule has 0 saturated heterocycles. The van der Waals surface area contributed by atoms with E-state index in [9.17, 15) is 4.79 Å². The van der Waals surface area contributed by atoms with Crippen molar-refractivity contribution in [3.05, 3.63) is 24.3 Å². The van der Waals surface area contributed by atoms with E-state index < -0.39 is 0 Å². The van der Waals surface area contributed by atoms with Crippen molar-refractivity contribution in [1.82, 2.24) is 5.32 Å². The fourth-order valence-corrected chi connectivity index (χ4v) is 1.34. The minimum atomic E-state index is -0.123. The van der Waals surface area contributed by atoms with Crippen LogP contribution in [0.5, 0.6) is 11.5 Å². The Labute approximate surface area is 108 Å². The Hall–Kier alpha value is -1.71. The summed E-state index contributed by atoms with van der Waals surface area (Å²) < 4.78 is 10.6. The molecule has 0 aliphatic heterocycles. The maximum atomic E-state index is 11.7. The van der Waals surface area contributed by atoms with Gasteiger partial charge in [-0.1, -0.05) is 26.0 Å². The molecule has 0 bridgehead atoms. The topological polar surface area (TPSA) is 47.6 Å². The van der Waals surface area contributed by atoms with Crippen LogP contribution in [-0.2, 0) is 4.79 Å². The fourth-order valence-electron chi connectivity index (χ4n) is 1.34. The van der Waals surface area contributed by atoms with Crippen LogP contribution < -0.4 is 14.8 Å². The van der Waals surface area contributed by atoms with E-state index in [-0.39, 0.29) is 18.6 Å². The van der Waals surface area contributed by atoms with E-state index in [2.05, 4.69) is 19.2 Å². The van der Waals surface area contributed by atoms with Crippen molar-refractivity contribution >= 4 is 5.91 Å². The lowest BCUT2D eigenvalue weighted by atomic mass is 10.1. The fraction of sp³-hybridized carbons (Fsp3) is 0.500. The van der Waals surface area contributed by atoms with Crippen LogP contribution in [0.4, 0.5) is 0 Å². The van der Waals surface area contributed by atoms with E-state index in [0.717, 1.165) is 0 Å². The van der Waals surface area contributed by atoms with Gasteiger partial charge in [0.05, 0.1) is 7.11 Å². The van der Waals surface area contributed by atoms with Gasteiger partial charge in [-0.15, -0.1) is 0 Å². The average molecular weight is 251 g/mol. The van der Waals surface area contributed by atoms with Gasteiger partial charge in [0.15, 0.2) is 18.1 Å². The molecule has 0 aromatic heterocycles. The van der Waals surface area contributed by atoms with Gasteiger partial charge in [0.2, 0.25) is 0 Å². The molecule has 0 heterocycles. The van der Waals surface area contributed by atoms with Gasteiger partial charge < -0.3 is 14.8 Å². The molecule has 0 aliphatic rings. The van der Waals surface area contributed by atoms with Crippen LogP contribution in [0.15, 0.2) is 24.3 Å². The maximum Gasteiger partial charge on any atom is 0.258 e. The highest BCUT2D eigenvalue weighted by Gasteiger charge is 2.12. The van der Waals surface area contributed by atoms with Crippen LogP contribution in [0.3, 0.4) is 0 Å². The number of nitrogens with one attached hydrogen (secondary N) is 1. The van der Waals surface area contributed by atoms with Crippen molar-refractivity contribution in [2.45, 2.75) is 26.8 Å². The third kappa shape index (κ3) is 4.28. The van der Waals surface area contributed by atoms with Crippen molar-refractivity contribution in [1.29, 1.82) is 0 Å². The Balaban J connectivity index is 2.47. The van der Waals surface area contributed by atoms with Gasteiger partial charge in [0, 0.05) is 6.04 Å². The lowest BCUT2D eigenvalue weighted by Gasteiger charge is -2.17. The number of hydrogen-bond acceptors (Lipinski definition) is 3. The molecule has 0 unspecified atom stereocenters. The van der Waals surface area contributed by atoms with Crippen LogP contribution in [-0.4, -0.2) is 25.7 Å². The van der Waals surface area contributed by atoms with Crippen LogP contribution >= 0.6 is 0 Å². The summed E-state index contributed by atoms with van der Waals surface area (Å²) in [5.74, 6) is 1.48. The number of amides is 1. The van der Waals surface area contributed by atoms with E-state index in [1.807, 2.05) is 19.1 Å². The highest BCUT2D eigenvalue weighted by molar-refractivity contribution is 5.77. The summed E-state index contributed by atoms with van der Waals surface area (Å²) in [5, 5.41) is 2.88. The van der Waals surface area contributed by atoms with Crippen molar-refractivity contribution in [2.24, 2.45) is 5.92 Å². The third-order valence-corrected chi connectivity index (χ3v) is 2.82. The minimum absolute atomic E-state index is 0.00255. The Morgan fingerprint density at radius 2 is 1.83 bits per heavy atom. The summed E-state index contributed by atoms with van der Waals surface area (Å²) in [4.78, 5) is 11.7. The molecule has 1 N–H and O–H groups in total. The molecule has 0 spiro atoms. The molecule has 0 radical (unpaired) electrons. The predicted octanol–water partition coefficient (Wildman–Crippen LogP) is 2.23. The summed E-state index contributed by atoms with van der Waals surface area (Å²) in [7, 11) is 1.57. The first kappa shape index (κ1) is 14.4. The monoisotopic (exact) mass is 251 g/mol. The number of para-hydroxylation sites is 2. The zero-order chi connectivity index (χ0) is 13.5. The summed E-state index contributed by atoms with van der Waals surface area (Å²) in [6.45, 7) is 6.10. The van der Waals surface area contributed by atoms with E-state index >= 15 is 0 Å². The van der Waals surface area contributed by atoms with Crippen molar-refractivity contribution < 1.29 is 14.3 Å². The lowest BCUT2D eigenvalue weighted by Crippen LogP contribution is -2.38. The van der Waals surface area contributed by atoms with Crippen LogP contribution in [0.2, 0.25) is 0 Å². The largest absolute Gasteiger partial charge is 0.493 e. The molecule has 0 aliphatic carbocycles.